The Kier molecular flexibility index (Phi) is 7.69. The summed E-state index contributed by atoms with van der Waals surface area (Å²) < 4.78 is 0. The Bertz CT molecular complexity index is 137. The van der Waals surface area contributed by atoms with Crippen LogP contribution in [0.4, 0.5) is 0 Å². The van der Waals surface area contributed by atoms with Gasteiger partial charge in [-0.1, -0.05) is 45.4 Å². The number of nitrogens with two attached hydrogens (primary N) is 1. The lowest BCUT2D eigenvalue weighted by molar-refractivity contribution is -0.138. The van der Waals surface area contributed by atoms with E-state index in [1.807, 2.05) is 0 Å². The van der Waals surface area contributed by atoms with Crippen molar-refractivity contribution < 1.29 is 9.90 Å². The normalized spacial score (nSPS) is 12.8. The van der Waals surface area contributed by atoms with Crippen LogP contribution in [0, 0.1) is 0 Å². The molecule has 0 aromatic heterocycles. The average molecular weight is 187 g/mol. The van der Waals surface area contributed by atoms with Crippen molar-refractivity contribution >= 4 is 5.97 Å². The summed E-state index contributed by atoms with van der Waals surface area (Å²) in [7, 11) is 0. The molecule has 3 N–H and O–H groups in total. The van der Waals surface area contributed by atoms with Crippen LogP contribution in [0.2, 0.25) is 0 Å². The van der Waals surface area contributed by atoms with Crippen molar-refractivity contribution in [2.45, 2.75) is 57.9 Å². The number of unbranched alkanes of at least 4 members (excludes halogenated alkanes) is 5. The number of hydrogen-bond donors (Lipinski definition) is 2. The fourth-order valence-electron chi connectivity index (χ4n) is 1.27. The van der Waals surface area contributed by atoms with Crippen LogP contribution >= 0.6 is 0 Å². The molecule has 0 rings (SSSR count). The minimum atomic E-state index is -0.881. The van der Waals surface area contributed by atoms with E-state index in [2.05, 4.69) is 6.92 Å². The first-order valence-corrected chi connectivity index (χ1v) is 5.17. The maximum atomic E-state index is 10.3. The van der Waals surface area contributed by atoms with Crippen molar-refractivity contribution in [1.29, 1.82) is 0 Å². The van der Waals surface area contributed by atoms with E-state index < -0.39 is 12.0 Å². The van der Waals surface area contributed by atoms with Gasteiger partial charge in [0.2, 0.25) is 0 Å². The van der Waals surface area contributed by atoms with Gasteiger partial charge in [0.05, 0.1) is 0 Å². The molecule has 0 spiro atoms. The summed E-state index contributed by atoms with van der Waals surface area (Å²) in [6.45, 7) is 2.18. The van der Waals surface area contributed by atoms with Crippen LogP contribution in [0.3, 0.4) is 0 Å². The number of carbonyl (C=O) groups is 1. The molecule has 1 atom stereocenters. The zero-order valence-electron chi connectivity index (χ0n) is 8.46. The van der Waals surface area contributed by atoms with E-state index >= 15 is 0 Å². The minimum Gasteiger partial charge on any atom is -0.480 e. The summed E-state index contributed by atoms with van der Waals surface area (Å²) in [5, 5.41) is 8.50. The molecule has 0 saturated carbocycles. The molecule has 0 aromatic rings. The molecule has 0 unspecified atom stereocenters. The van der Waals surface area contributed by atoms with Crippen molar-refractivity contribution in [1.82, 2.24) is 0 Å². The van der Waals surface area contributed by atoms with Gasteiger partial charge in [-0.2, -0.15) is 0 Å². The van der Waals surface area contributed by atoms with Crippen molar-refractivity contribution in [2.75, 3.05) is 0 Å². The number of hydrogen-bond acceptors (Lipinski definition) is 2. The molecule has 78 valence electrons. The molecule has 3 nitrogen and oxygen atoms in total. The standard InChI is InChI=1S/C10H21NO2/c1-2-3-4-5-6-7-8-9(11)10(12)13/h9H,2-8,11H2,1H3,(H,12,13)/t9-/m1/s1. The highest BCUT2D eigenvalue weighted by Crippen LogP contribution is 2.07. The molecule has 3 heteroatoms. The molecule has 0 radical (unpaired) electrons. The van der Waals surface area contributed by atoms with Gasteiger partial charge < -0.3 is 10.8 Å². The summed E-state index contributed by atoms with van der Waals surface area (Å²) in [6, 6.07) is -0.661. The van der Waals surface area contributed by atoms with E-state index in [0.29, 0.717) is 6.42 Å². The number of rotatable bonds is 8. The monoisotopic (exact) mass is 187 g/mol. The summed E-state index contributed by atoms with van der Waals surface area (Å²) in [6.07, 6.45) is 7.66. The second-order valence-corrected chi connectivity index (χ2v) is 3.50. The molecule has 0 heterocycles. The zero-order valence-corrected chi connectivity index (χ0v) is 8.46. The van der Waals surface area contributed by atoms with E-state index in [1.54, 1.807) is 0 Å². The van der Waals surface area contributed by atoms with Crippen LogP contribution in [0.5, 0.6) is 0 Å². The Labute approximate surface area is 80.3 Å². The maximum Gasteiger partial charge on any atom is 0.320 e. The maximum absolute atomic E-state index is 10.3. The van der Waals surface area contributed by atoms with E-state index in [-0.39, 0.29) is 0 Å². The fourth-order valence-corrected chi connectivity index (χ4v) is 1.27. The predicted octanol–water partition coefficient (Wildman–Crippen LogP) is 2.15. The SMILES string of the molecule is CCCCCCCC[C@@H](N)C(=O)O. The highest BCUT2D eigenvalue weighted by atomic mass is 16.4. The molecule has 0 aromatic carbocycles. The van der Waals surface area contributed by atoms with E-state index in [9.17, 15) is 4.79 Å². The second kappa shape index (κ2) is 8.05. The molecule has 0 amide bonds. The lowest BCUT2D eigenvalue weighted by Crippen LogP contribution is -2.29. The van der Waals surface area contributed by atoms with Gasteiger partial charge in [0, 0.05) is 0 Å². The van der Waals surface area contributed by atoms with Crippen molar-refractivity contribution in [3.05, 3.63) is 0 Å². The van der Waals surface area contributed by atoms with Crippen LogP contribution in [0.25, 0.3) is 0 Å². The topological polar surface area (TPSA) is 63.3 Å². The second-order valence-electron chi connectivity index (χ2n) is 3.50. The van der Waals surface area contributed by atoms with Gasteiger partial charge in [-0.3, -0.25) is 4.79 Å². The first-order chi connectivity index (χ1) is 6.18. The van der Waals surface area contributed by atoms with Crippen LogP contribution in [-0.4, -0.2) is 17.1 Å². The summed E-state index contributed by atoms with van der Waals surface area (Å²) in [4.78, 5) is 10.3. The first kappa shape index (κ1) is 12.4. The molecule has 0 fully saturated rings. The Morgan fingerprint density at radius 2 is 1.77 bits per heavy atom. The van der Waals surface area contributed by atoms with Gasteiger partial charge in [-0.25, -0.2) is 0 Å². The third kappa shape index (κ3) is 7.78. The van der Waals surface area contributed by atoms with E-state index in [4.69, 9.17) is 10.8 Å². The number of carboxylic acids is 1. The largest absolute Gasteiger partial charge is 0.480 e. The third-order valence-electron chi connectivity index (χ3n) is 2.19. The molecule has 0 aliphatic carbocycles. The molecule has 0 aliphatic rings. The van der Waals surface area contributed by atoms with Gasteiger partial charge in [-0.05, 0) is 6.42 Å². The van der Waals surface area contributed by atoms with E-state index in [0.717, 1.165) is 12.8 Å². The van der Waals surface area contributed by atoms with Gasteiger partial charge >= 0.3 is 5.97 Å². The summed E-state index contributed by atoms with van der Waals surface area (Å²) >= 11 is 0. The van der Waals surface area contributed by atoms with E-state index in [1.165, 1.54) is 25.7 Å². The molecular weight excluding hydrogens is 166 g/mol. The Morgan fingerprint density at radius 1 is 1.23 bits per heavy atom. The zero-order chi connectivity index (χ0) is 10.1. The van der Waals surface area contributed by atoms with Gasteiger partial charge in [-0.15, -0.1) is 0 Å². The molecule has 13 heavy (non-hydrogen) atoms. The molecule has 0 aliphatic heterocycles. The highest BCUT2D eigenvalue weighted by Gasteiger charge is 2.09. The van der Waals surface area contributed by atoms with Crippen LogP contribution in [-0.2, 0) is 4.79 Å². The van der Waals surface area contributed by atoms with Crippen LogP contribution in [0.1, 0.15) is 51.9 Å². The average Bonchev–Trinajstić information content (AvgIpc) is 2.10. The lowest BCUT2D eigenvalue weighted by Gasteiger charge is -2.05. The van der Waals surface area contributed by atoms with Crippen molar-refractivity contribution in [2.24, 2.45) is 5.73 Å². The lowest BCUT2D eigenvalue weighted by atomic mass is 10.1. The molecule has 0 bridgehead atoms. The van der Waals surface area contributed by atoms with Gasteiger partial charge in [0.1, 0.15) is 6.04 Å². The molecule has 0 saturated heterocycles. The predicted molar refractivity (Wildman–Crippen MR) is 53.6 cm³/mol. The van der Waals surface area contributed by atoms with Crippen LogP contribution in [0.15, 0.2) is 0 Å². The summed E-state index contributed by atoms with van der Waals surface area (Å²) in [5.41, 5.74) is 5.36. The number of aliphatic carboxylic acids is 1. The highest BCUT2D eigenvalue weighted by molar-refractivity contribution is 5.72. The van der Waals surface area contributed by atoms with Gasteiger partial charge in [0.25, 0.3) is 0 Å². The smallest absolute Gasteiger partial charge is 0.320 e. The minimum absolute atomic E-state index is 0.613. The Balaban J connectivity index is 3.11. The Morgan fingerprint density at radius 3 is 2.31 bits per heavy atom. The van der Waals surface area contributed by atoms with Crippen molar-refractivity contribution in [3.8, 4) is 0 Å². The Hall–Kier alpha value is -0.570. The van der Waals surface area contributed by atoms with Crippen LogP contribution < -0.4 is 5.73 Å². The summed E-state index contributed by atoms with van der Waals surface area (Å²) in [5.74, 6) is -0.881. The molecular formula is C10H21NO2. The van der Waals surface area contributed by atoms with Crippen molar-refractivity contribution in [3.63, 3.8) is 0 Å². The fraction of sp³-hybridized carbons (Fsp3) is 0.900. The third-order valence-corrected chi connectivity index (χ3v) is 2.19. The first-order valence-electron chi connectivity index (χ1n) is 5.17. The number of carboxylic acid groups (broad SMARTS) is 1. The quantitative estimate of drug-likeness (QED) is 0.572. The van der Waals surface area contributed by atoms with Gasteiger partial charge in [0.15, 0.2) is 0 Å².